The highest BCUT2D eigenvalue weighted by Crippen LogP contribution is 2.29. The molecule has 1 atom stereocenters. The standard InChI is InChI=1S/C12H14O/c1-9-4-3-5-10-6-7-11(13-2)8-12(9)10/h3-4,6-9H,5H2,1-2H3/t9-/m1/s1. The molecule has 1 heteroatoms. The minimum atomic E-state index is 0.527. The quantitative estimate of drug-likeness (QED) is 0.595. The maximum atomic E-state index is 5.20. The summed E-state index contributed by atoms with van der Waals surface area (Å²) in [5, 5.41) is 0. The molecule has 0 saturated heterocycles. The van der Waals surface area contributed by atoms with Crippen molar-refractivity contribution < 1.29 is 4.74 Å². The van der Waals surface area contributed by atoms with Crippen LogP contribution < -0.4 is 4.74 Å². The van der Waals surface area contributed by atoms with Gasteiger partial charge in [0.25, 0.3) is 0 Å². The molecule has 0 radical (unpaired) electrons. The second-order valence-corrected chi connectivity index (χ2v) is 3.49. The summed E-state index contributed by atoms with van der Waals surface area (Å²) in [5.41, 5.74) is 2.83. The van der Waals surface area contributed by atoms with E-state index in [1.165, 1.54) is 11.1 Å². The predicted octanol–water partition coefficient (Wildman–Crippen LogP) is 2.91. The number of ether oxygens (including phenoxy) is 1. The molecule has 0 spiro atoms. The summed E-state index contributed by atoms with van der Waals surface area (Å²) < 4.78 is 5.20. The predicted molar refractivity (Wildman–Crippen MR) is 54.3 cm³/mol. The molecule has 1 nitrogen and oxygen atoms in total. The highest BCUT2D eigenvalue weighted by molar-refractivity contribution is 5.42. The Morgan fingerprint density at radius 2 is 2.23 bits per heavy atom. The van der Waals surface area contributed by atoms with Crippen LogP contribution in [-0.2, 0) is 6.42 Å². The van der Waals surface area contributed by atoms with E-state index in [9.17, 15) is 0 Å². The molecule has 0 aliphatic heterocycles. The average Bonchev–Trinajstić information content (AvgIpc) is 2.18. The van der Waals surface area contributed by atoms with Gasteiger partial charge in [-0.15, -0.1) is 0 Å². The Balaban J connectivity index is 2.45. The minimum Gasteiger partial charge on any atom is -0.497 e. The third kappa shape index (κ3) is 1.46. The van der Waals surface area contributed by atoms with Crippen molar-refractivity contribution in [1.29, 1.82) is 0 Å². The molecule has 0 heterocycles. The first-order valence-electron chi connectivity index (χ1n) is 4.64. The van der Waals surface area contributed by atoms with Gasteiger partial charge in [0, 0.05) is 0 Å². The van der Waals surface area contributed by atoms with E-state index in [1.54, 1.807) is 7.11 Å². The Morgan fingerprint density at radius 3 is 3.00 bits per heavy atom. The highest BCUT2D eigenvalue weighted by Gasteiger charge is 2.11. The Hall–Kier alpha value is -1.24. The molecule has 0 fully saturated rings. The Kier molecular flexibility index (Phi) is 2.09. The molecular formula is C12H14O. The van der Waals surface area contributed by atoms with Crippen LogP contribution >= 0.6 is 0 Å². The van der Waals surface area contributed by atoms with E-state index in [0.717, 1.165) is 12.2 Å². The zero-order chi connectivity index (χ0) is 9.26. The van der Waals surface area contributed by atoms with Crippen LogP contribution in [0.3, 0.4) is 0 Å². The van der Waals surface area contributed by atoms with E-state index in [4.69, 9.17) is 4.74 Å². The zero-order valence-corrected chi connectivity index (χ0v) is 8.08. The molecule has 1 aliphatic carbocycles. The minimum absolute atomic E-state index is 0.527. The summed E-state index contributed by atoms with van der Waals surface area (Å²) in [6, 6.07) is 6.34. The lowest BCUT2D eigenvalue weighted by molar-refractivity contribution is 0.414. The van der Waals surface area contributed by atoms with Crippen molar-refractivity contribution in [2.45, 2.75) is 19.3 Å². The molecule has 1 aromatic rings. The van der Waals surface area contributed by atoms with Gasteiger partial charge in [0.2, 0.25) is 0 Å². The van der Waals surface area contributed by atoms with Crippen LogP contribution in [0.25, 0.3) is 0 Å². The first-order valence-corrected chi connectivity index (χ1v) is 4.64. The maximum absolute atomic E-state index is 5.20. The molecule has 0 bridgehead atoms. The van der Waals surface area contributed by atoms with Gasteiger partial charge in [0.05, 0.1) is 7.11 Å². The fraction of sp³-hybridized carbons (Fsp3) is 0.333. The van der Waals surface area contributed by atoms with Crippen molar-refractivity contribution in [3.8, 4) is 5.75 Å². The van der Waals surface area contributed by atoms with Gasteiger partial charge < -0.3 is 4.74 Å². The number of allylic oxidation sites excluding steroid dienone is 2. The number of fused-ring (bicyclic) bond motifs is 1. The zero-order valence-electron chi connectivity index (χ0n) is 8.08. The van der Waals surface area contributed by atoms with Gasteiger partial charge in [0.15, 0.2) is 0 Å². The highest BCUT2D eigenvalue weighted by atomic mass is 16.5. The van der Waals surface area contributed by atoms with Gasteiger partial charge in [-0.2, -0.15) is 0 Å². The average molecular weight is 174 g/mol. The maximum Gasteiger partial charge on any atom is 0.119 e. The van der Waals surface area contributed by atoms with E-state index in [1.807, 2.05) is 6.07 Å². The molecule has 0 unspecified atom stereocenters. The lowest BCUT2D eigenvalue weighted by atomic mass is 9.89. The van der Waals surface area contributed by atoms with Crippen molar-refractivity contribution in [3.63, 3.8) is 0 Å². The lowest BCUT2D eigenvalue weighted by Gasteiger charge is -2.17. The molecule has 0 amide bonds. The van der Waals surface area contributed by atoms with Crippen LogP contribution in [0.1, 0.15) is 24.0 Å². The van der Waals surface area contributed by atoms with Gasteiger partial charge in [0.1, 0.15) is 5.75 Å². The Labute approximate surface area is 79.0 Å². The Bertz CT molecular complexity index is 339. The van der Waals surface area contributed by atoms with E-state index < -0.39 is 0 Å². The molecule has 1 aliphatic rings. The summed E-state index contributed by atoms with van der Waals surface area (Å²) in [6.45, 7) is 2.22. The van der Waals surface area contributed by atoms with Crippen molar-refractivity contribution in [2.75, 3.05) is 7.11 Å². The molecule has 68 valence electrons. The summed E-state index contributed by atoms with van der Waals surface area (Å²) in [5.74, 6) is 1.49. The second-order valence-electron chi connectivity index (χ2n) is 3.49. The number of rotatable bonds is 1. The molecule has 2 rings (SSSR count). The number of hydrogen-bond acceptors (Lipinski definition) is 1. The van der Waals surface area contributed by atoms with Crippen LogP contribution in [0.5, 0.6) is 5.75 Å². The van der Waals surface area contributed by atoms with E-state index in [2.05, 4.69) is 31.2 Å². The van der Waals surface area contributed by atoms with Crippen LogP contribution in [0.15, 0.2) is 30.4 Å². The van der Waals surface area contributed by atoms with Gasteiger partial charge in [-0.25, -0.2) is 0 Å². The summed E-state index contributed by atoms with van der Waals surface area (Å²) in [7, 11) is 1.71. The molecule has 0 N–H and O–H groups in total. The Morgan fingerprint density at radius 1 is 1.38 bits per heavy atom. The van der Waals surface area contributed by atoms with Crippen LogP contribution in [0, 0.1) is 0 Å². The lowest BCUT2D eigenvalue weighted by Crippen LogP contribution is -2.01. The molecule has 0 aromatic heterocycles. The number of benzene rings is 1. The third-order valence-corrected chi connectivity index (χ3v) is 2.61. The smallest absolute Gasteiger partial charge is 0.119 e. The van der Waals surface area contributed by atoms with Crippen LogP contribution in [-0.4, -0.2) is 7.11 Å². The normalized spacial score (nSPS) is 19.7. The molecule has 0 saturated carbocycles. The monoisotopic (exact) mass is 174 g/mol. The topological polar surface area (TPSA) is 9.23 Å². The van der Waals surface area contributed by atoms with Crippen molar-refractivity contribution in [2.24, 2.45) is 0 Å². The molecule has 13 heavy (non-hydrogen) atoms. The van der Waals surface area contributed by atoms with Gasteiger partial charge in [-0.3, -0.25) is 0 Å². The molecular weight excluding hydrogens is 160 g/mol. The molecule has 1 aromatic carbocycles. The second kappa shape index (κ2) is 3.25. The first-order chi connectivity index (χ1) is 6.31. The van der Waals surface area contributed by atoms with Gasteiger partial charge in [-0.1, -0.05) is 25.1 Å². The van der Waals surface area contributed by atoms with Crippen LogP contribution in [0.4, 0.5) is 0 Å². The first kappa shape index (κ1) is 8.36. The number of hydrogen-bond donors (Lipinski definition) is 0. The van der Waals surface area contributed by atoms with E-state index in [0.29, 0.717) is 5.92 Å². The number of methoxy groups -OCH3 is 1. The van der Waals surface area contributed by atoms with Crippen molar-refractivity contribution in [1.82, 2.24) is 0 Å². The SMILES string of the molecule is COc1ccc2c(c1)[C@H](C)C=CC2. The van der Waals surface area contributed by atoms with Crippen LogP contribution in [0.2, 0.25) is 0 Å². The van der Waals surface area contributed by atoms with Crippen molar-refractivity contribution >= 4 is 0 Å². The largest absolute Gasteiger partial charge is 0.497 e. The van der Waals surface area contributed by atoms with Gasteiger partial charge in [-0.05, 0) is 35.6 Å². The third-order valence-electron chi connectivity index (χ3n) is 2.61. The summed E-state index contributed by atoms with van der Waals surface area (Å²) in [6.07, 6.45) is 5.55. The van der Waals surface area contributed by atoms with Gasteiger partial charge >= 0.3 is 0 Å². The summed E-state index contributed by atoms with van der Waals surface area (Å²) in [4.78, 5) is 0. The summed E-state index contributed by atoms with van der Waals surface area (Å²) >= 11 is 0. The van der Waals surface area contributed by atoms with Crippen molar-refractivity contribution in [3.05, 3.63) is 41.5 Å². The van der Waals surface area contributed by atoms with E-state index >= 15 is 0 Å². The fourth-order valence-electron chi connectivity index (χ4n) is 1.81. The fourth-order valence-corrected chi connectivity index (χ4v) is 1.81. The van der Waals surface area contributed by atoms with E-state index in [-0.39, 0.29) is 0 Å².